The number of hydrogen-bond acceptors (Lipinski definition) is 3. The van der Waals surface area contributed by atoms with Crippen molar-refractivity contribution in [2.75, 3.05) is 19.8 Å². The Kier molecular flexibility index (Phi) is 8.23. The van der Waals surface area contributed by atoms with Gasteiger partial charge >= 0.3 is 0 Å². The summed E-state index contributed by atoms with van der Waals surface area (Å²) in [5.74, 6) is 0.831. The van der Waals surface area contributed by atoms with E-state index in [9.17, 15) is 8.78 Å². The van der Waals surface area contributed by atoms with Crippen LogP contribution in [0.2, 0.25) is 0 Å². The number of ether oxygens (including phenoxy) is 2. The molecule has 5 heteroatoms. The van der Waals surface area contributed by atoms with E-state index in [1.807, 2.05) is 45.0 Å². The molecule has 0 bridgehead atoms. The summed E-state index contributed by atoms with van der Waals surface area (Å²) in [6.07, 6.45) is -1.61. The molecular formula is C16H25F2NO2. The Morgan fingerprint density at radius 1 is 1.14 bits per heavy atom. The van der Waals surface area contributed by atoms with Crippen molar-refractivity contribution in [2.45, 2.75) is 45.8 Å². The molecule has 21 heavy (non-hydrogen) atoms. The summed E-state index contributed by atoms with van der Waals surface area (Å²) in [6.45, 7) is 6.60. The molecule has 1 aromatic rings. The van der Waals surface area contributed by atoms with E-state index >= 15 is 0 Å². The second-order valence-corrected chi connectivity index (χ2v) is 5.10. The first kappa shape index (κ1) is 17.9. The average Bonchev–Trinajstić information content (AvgIpc) is 2.42. The lowest BCUT2D eigenvalue weighted by Crippen LogP contribution is -2.22. The van der Waals surface area contributed by atoms with Crippen molar-refractivity contribution in [2.24, 2.45) is 0 Å². The molecule has 0 aliphatic carbocycles. The zero-order valence-electron chi connectivity index (χ0n) is 12.9. The van der Waals surface area contributed by atoms with Crippen LogP contribution in [-0.2, 0) is 4.74 Å². The molecule has 1 unspecified atom stereocenters. The first-order chi connectivity index (χ1) is 10.0. The van der Waals surface area contributed by atoms with E-state index in [0.717, 1.165) is 17.9 Å². The van der Waals surface area contributed by atoms with Crippen LogP contribution in [0.15, 0.2) is 24.3 Å². The minimum absolute atomic E-state index is 0.0979. The molecule has 3 nitrogen and oxygen atoms in total. The number of nitrogens with one attached hydrogen (secondary N) is 1. The highest BCUT2D eigenvalue weighted by atomic mass is 19.3. The van der Waals surface area contributed by atoms with Crippen LogP contribution >= 0.6 is 0 Å². The second-order valence-electron chi connectivity index (χ2n) is 5.10. The first-order valence-electron chi connectivity index (χ1n) is 7.38. The Labute approximate surface area is 125 Å². The van der Waals surface area contributed by atoms with E-state index in [0.29, 0.717) is 13.0 Å². The van der Waals surface area contributed by atoms with E-state index in [2.05, 4.69) is 5.32 Å². The van der Waals surface area contributed by atoms with Crippen molar-refractivity contribution in [3.8, 4) is 5.75 Å². The fourth-order valence-corrected chi connectivity index (χ4v) is 2.06. The molecule has 120 valence electrons. The minimum atomic E-state index is -2.41. The van der Waals surface area contributed by atoms with Gasteiger partial charge in [-0.3, -0.25) is 0 Å². The van der Waals surface area contributed by atoms with Crippen LogP contribution in [0.1, 0.15) is 38.8 Å². The van der Waals surface area contributed by atoms with Crippen molar-refractivity contribution in [3.05, 3.63) is 29.8 Å². The maximum Gasteiger partial charge on any atom is 0.261 e. The van der Waals surface area contributed by atoms with Crippen molar-refractivity contribution in [1.29, 1.82) is 0 Å². The number of alkyl halides is 2. The van der Waals surface area contributed by atoms with E-state index < -0.39 is 13.0 Å². The van der Waals surface area contributed by atoms with Crippen LogP contribution in [0.25, 0.3) is 0 Å². The van der Waals surface area contributed by atoms with Crippen LogP contribution in [-0.4, -0.2) is 32.3 Å². The molecule has 0 saturated heterocycles. The number of halogens is 2. The quantitative estimate of drug-likeness (QED) is 0.667. The topological polar surface area (TPSA) is 30.5 Å². The Morgan fingerprint density at radius 2 is 1.81 bits per heavy atom. The Balaban J connectivity index is 2.54. The molecule has 1 atom stereocenters. The lowest BCUT2D eigenvalue weighted by atomic mass is 10.0. The summed E-state index contributed by atoms with van der Waals surface area (Å²) in [7, 11) is 0. The van der Waals surface area contributed by atoms with Gasteiger partial charge in [0.25, 0.3) is 6.43 Å². The lowest BCUT2D eigenvalue weighted by Gasteiger charge is -2.19. The summed E-state index contributed by atoms with van der Waals surface area (Å²) in [5.41, 5.74) is 1.11. The number of rotatable bonds is 10. The SMILES string of the molecule is CCNC(CCOCC(F)F)c1ccc(OC(C)C)cc1. The van der Waals surface area contributed by atoms with Crippen LogP contribution in [0, 0.1) is 0 Å². The van der Waals surface area contributed by atoms with Gasteiger partial charge in [0.2, 0.25) is 0 Å². The summed E-state index contributed by atoms with van der Waals surface area (Å²) in [6, 6.07) is 7.95. The predicted molar refractivity (Wildman–Crippen MR) is 80.1 cm³/mol. The normalized spacial score (nSPS) is 12.9. The van der Waals surface area contributed by atoms with Gasteiger partial charge in [-0.2, -0.15) is 0 Å². The maximum atomic E-state index is 12.0. The highest BCUT2D eigenvalue weighted by Gasteiger charge is 2.11. The van der Waals surface area contributed by atoms with Gasteiger partial charge in [-0.05, 0) is 44.5 Å². The molecule has 0 fully saturated rings. The molecule has 1 aromatic carbocycles. The summed E-state index contributed by atoms with van der Waals surface area (Å²) < 4.78 is 34.6. The molecule has 0 aliphatic rings. The molecule has 0 spiro atoms. The van der Waals surface area contributed by atoms with E-state index in [1.165, 1.54) is 0 Å². The minimum Gasteiger partial charge on any atom is -0.491 e. The summed E-state index contributed by atoms with van der Waals surface area (Å²) in [5, 5.41) is 3.34. The second kappa shape index (κ2) is 9.68. The van der Waals surface area contributed by atoms with E-state index in [-0.39, 0.29) is 12.1 Å². The third kappa shape index (κ3) is 7.39. The molecule has 0 radical (unpaired) electrons. The first-order valence-corrected chi connectivity index (χ1v) is 7.38. The monoisotopic (exact) mass is 301 g/mol. The summed E-state index contributed by atoms with van der Waals surface area (Å²) >= 11 is 0. The third-order valence-corrected chi connectivity index (χ3v) is 2.90. The van der Waals surface area contributed by atoms with Crippen molar-refractivity contribution in [3.63, 3.8) is 0 Å². The van der Waals surface area contributed by atoms with Crippen LogP contribution in [0.5, 0.6) is 5.75 Å². The van der Waals surface area contributed by atoms with E-state index in [4.69, 9.17) is 9.47 Å². The van der Waals surface area contributed by atoms with Gasteiger partial charge in [-0.1, -0.05) is 19.1 Å². The van der Waals surface area contributed by atoms with Crippen molar-refractivity contribution < 1.29 is 18.3 Å². The van der Waals surface area contributed by atoms with E-state index in [1.54, 1.807) is 0 Å². The number of benzene rings is 1. The molecule has 0 aliphatic heterocycles. The molecule has 0 saturated carbocycles. The highest BCUT2D eigenvalue weighted by Crippen LogP contribution is 2.21. The van der Waals surface area contributed by atoms with Gasteiger partial charge in [-0.25, -0.2) is 8.78 Å². The molecule has 1 rings (SSSR count). The lowest BCUT2D eigenvalue weighted by molar-refractivity contribution is 0.0144. The zero-order valence-corrected chi connectivity index (χ0v) is 12.9. The Hall–Kier alpha value is -1.20. The average molecular weight is 301 g/mol. The Morgan fingerprint density at radius 3 is 2.33 bits per heavy atom. The van der Waals surface area contributed by atoms with Gasteiger partial charge in [0, 0.05) is 12.6 Å². The predicted octanol–water partition coefficient (Wildman–Crippen LogP) is 3.80. The van der Waals surface area contributed by atoms with Crippen molar-refractivity contribution >= 4 is 0 Å². The van der Waals surface area contributed by atoms with Crippen LogP contribution < -0.4 is 10.1 Å². The molecule has 0 heterocycles. The van der Waals surface area contributed by atoms with Gasteiger partial charge in [0.15, 0.2) is 0 Å². The fourth-order valence-electron chi connectivity index (χ4n) is 2.06. The maximum absolute atomic E-state index is 12.0. The fraction of sp³-hybridized carbons (Fsp3) is 0.625. The van der Waals surface area contributed by atoms with Crippen LogP contribution in [0.4, 0.5) is 8.78 Å². The van der Waals surface area contributed by atoms with Crippen molar-refractivity contribution in [1.82, 2.24) is 5.32 Å². The third-order valence-electron chi connectivity index (χ3n) is 2.90. The van der Waals surface area contributed by atoms with Gasteiger partial charge in [0.1, 0.15) is 12.4 Å². The van der Waals surface area contributed by atoms with Gasteiger partial charge in [-0.15, -0.1) is 0 Å². The zero-order chi connectivity index (χ0) is 15.7. The largest absolute Gasteiger partial charge is 0.491 e. The molecule has 0 aromatic heterocycles. The highest BCUT2D eigenvalue weighted by molar-refractivity contribution is 5.29. The smallest absolute Gasteiger partial charge is 0.261 e. The summed E-state index contributed by atoms with van der Waals surface area (Å²) in [4.78, 5) is 0. The van der Waals surface area contributed by atoms with Crippen LogP contribution in [0.3, 0.4) is 0 Å². The van der Waals surface area contributed by atoms with Gasteiger partial charge in [0.05, 0.1) is 6.10 Å². The molecule has 0 amide bonds. The number of hydrogen-bond donors (Lipinski definition) is 1. The molecular weight excluding hydrogens is 276 g/mol. The standard InChI is InChI=1S/C16H25F2NO2/c1-4-19-15(9-10-20-11-16(17)18)13-5-7-14(8-6-13)21-12(2)3/h5-8,12,15-16,19H,4,9-11H2,1-3H3. The Bertz CT molecular complexity index is 382. The molecule has 1 N–H and O–H groups in total. The van der Waals surface area contributed by atoms with Gasteiger partial charge < -0.3 is 14.8 Å².